The van der Waals surface area contributed by atoms with Crippen molar-refractivity contribution in [3.05, 3.63) is 30.3 Å². The van der Waals surface area contributed by atoms with Gasteiger partial charge in [-0.05, 0) is 12.8 Å². The molecule has 3 rings (SSSR count). The Bertz CT molecular complexity index is 306. The van der Waals surface area contributed by atoms with Crippen LogP contribution in [0.5, 0.6) is 0 Å². The van der Waals surface area contributed by atoms with E-state index < -0.39 is 0 Å². The molecule has 0 spiro atoms. The number of fused-ring (bicyclic) bond motifs is 2. The zero-order chi connectivity index (χ0) is 10.1. The van der Waals surface area contributed by atoms with Crippen molar-refractivity contribution in [2.45, 2.75) is 12.8 Å². The quantitative estimate of drug-likeness (QED) is 0.668. The van der Waals surface area contributed by atoms with Gasteiger partial charge in [0, 0.05) is 31.5 Å². The van der Waals surface area contributed by atoms with Gasteiger partial charge in [0.25, 0.3) is 0 Å². The molecule has 1 aromatic carbocycles. The molecule has 0 aliphatic carbocycles. The highest BCUT2D eigenvalue weighted by Gasteiger charge is 2.33. The van der Waals surface area contributed by atoms with Crippen molar-refractivity contribution < 1.29 is 0 Å². The van der Waals surface area contributed by atoms with E-state index in [9.17, 15) is 0 Å². The maximum absolute atomic E-state index is 2.69. The first kappa shape index (κ1) is 9.77. The lowest BCUT2D eigenvalue weighted by molar-refractivity contribution is 0.268. The molecule has 2 saturated heterocycles. The highest BCUT2D eigenvalue weighted by atomic mass is 31.1. The molecule has 3 heteroatoms. The summed E-state index contributed by atoms with van der Waals surface area (Å²) in [5.41, 5.74) is 0. The second kappa shape index (κ2) is 4.21. The number of hydrogen-bond acceptors (Lipinski definition) is 2. The first-order valence-electron chi connectivity index (χ1n) is 5.80. The second-order valence-corrected chi connectivity index (χ2v) is 6.47. The predicted octanol–water partition coefficient (Wildman–Crippen LogP) is 2.04. The van der Waals surface area contributed by atoms with E-state index in [1.807, 2.05) is 0 Å². The van der Waals surface area contributed by atoms with Crippen LogP contribution in [0.25, 0.3) is 0 Å². The van der Waals surface area contributed by atoms with Crippen LogP contribution in [-0.4, -0.2) is 35.5 Å². The molecule has 0 atom stereocenters. The van der Waals surface area contributed by atoms with Gasteiger partial charge >= 0.3 is 0 Å². The molecule has 2 aliphatic heterocycles. The topological polar surface area (TPSA) is 6.48 Å². The average Bonchev–Trinajstić information content (AvgIpc) is 2.29. The van der Waals surface area contributed by atoms with Gasteiger partial charge in [0.1, 0.15) is 0 Å². The fraction of sp³-hybridized carbons (Fsp3) is 0.500. The monoisotopic (exact) mass is 220 g/mol. The largest absolute Gasteiger partial charge is 0.266 e. The standard InChI is InChI=1S/C12H17N2P/c1-2-6-12(7-3-1)15-13-8-4-9-14(15)11-5-10-13/h1-3,6-7H,4-5,8-11H2. The Morgan fingerprint density at radius 3 is 1.87 bits per heavy atom. The molecule has 2 fully saturated rings. The summed E-state index contributed by atoms with van der Waals surface area (Å²) in [6.07, 6.45) is 2.71. The lowest BCUT2D eigenvalue weighted by atomic mass is 10.3. The van der Waals surface area contributed by atoms with Crippen molar-refractivity contribution in [3.63, 3.8) is 0 Å². The molecule has 1 aromatic rings. The minimum Gasteiger partial charge on any atom is -0.266 e. The number of hydrogen-bond donors (Lipinski definition) is 0. The van der Waals surface area contributed by atoms with Crippen molar-refractivity contribution >= 4 is 13.5 Å². The molecular weight excluding hydrogens is 203 g/mol. The molecular formula is C12H17N2P. The minimum absolute atomic E-state index is 0.138. The summed E-state index contributed by atoms with van der Waals surface area (Å²) in [4.78, 5) is 0. The third-order valence-electron chi connectivity index (χ3n) is 3.19. The highest BCUT2D eigenvalue weighted by Crippen LogP contribution is 2.48. The maximum Gasteiger partial charge on any atom is 0.0724 e. The number of rotatable bonds is 1. The summed E-state index contributed by atoms with van der Waals surface area (Å²) in [5, 5.41) is 1.53. The molecule has 0 radical (unpaired) electrons. The predicted molar refractivity (Wildman–Crippen MR) is 65.4 cm³/mol. The zero-order valence-corrected chi connectivity index (χ0v) is 9.87. The van der Waals surface area contributed by atoms with E-state index >= 15 is 0 Å². The van der Waals surface area contributed by atoms with Crippen LogP contribution < -0.4 is 5.30 Å². The minimum atomic E-state index is -0.138. The van der Waals surface area contributed by atoms with Crippen molar-refractivity contribution in [1.29, 1.82) is 0 Å². The second-order valence-electron chi connectivity index (χ2n) is 4.24. The lowest BCUT2D eigenvalue weighted by Crippen LogP contribution is -2.45. The van der Waals surface area contributed by atoms with Crippen molar-refractivity contribution in [3.8, 4) is 0 Å². The Morgan fingerprint density at radius 1 is 0.800 bits per heavy atom. The van der Waals surface area contributed by atoms with Gasteiger partial charge in [-0.2, -0.15) is 0 Å². The van der Waals surface area contributed by atoms with Gasteiger partial charge in [-0.15, -0.1) is 0 Å². The fourth-order valence-corrected chi connectivity index (χ4v) is 5.31. The highest BCUT2D eigenvalue weighted by molar-refractivity contribution is 7.61. The maximum atomic E-state index is 2.69. The third kappa shape index (κ3) is 1.82. The Labute approximate surface area is 92.7 Å². The zero-order valence-electron chi connectivity index (χ0n) is 8.97. The smallest absolute Gasteiger partial charge is 0.0724 e. The first-order chi connectivity index (χ1) is 7.45. The van der Waals surface area contributed by atoms with E-state index in [-0.39, 0.29) is 8.22 Å². The molecule has 0 N–H and O–H groups in total. The summed E-state index contributed by atoms with van der Waals surface area (Å²) in [7, 11) is -0.138. The van der Waals surface area contributed by atoms with Gasteiger partial charge in [-0.1, -0.05) is 30.3 Å². The Balaban J connectivity index is 1.90. The summed E-state index contributed by atoms with van der Waals surface area (Å²) in [6, 6.07) is 11.0. The molecule has 0 saturated carbocycles. The van der Waals surface area contributed by atoms with Crippen LogP contribution in [0.15, 0.2) is 30.3 Å². The van der Waals surface area contributed by atoms with E-state index in [4.69, 9.17) is 0 Å². The Kier molecular flexibility index (Phi) is 2.74. The summed E-state index contributed by atoms with van der Waals surface area (Å²) in [6.45, 7) is 5.21. The summed E-state index contributed by atoms with van der Waals surface area (Å²) >= 11 is 0. The Morgan fingerprint density at radius 2 is 1.33 bits per heavy atom. The van der Waals surface area contributed by atoms with Crippen LogP contribution in [0.3, 0.4) is 0 Å². The van der Waals surface area contributed by atoms with E-state index in [2.05, 4.69) is 39.7 Å². The number of benzene rings is 1. The molecule has 0 aromatic heterocycles. The number of nitrogens with zero attached hydrogens (tertiary/aromatic N) is 2. The molecule has 2 heterocycles. The van der Waals surface area contributed by atoms with Crippen LogP contribution in [0.4, 0.5) is 0 Å². The molecule has 2 bridgehead atoms. The van der Waals surface area contributed by atoms with Gasteiger partial charge in [0.2, 0.25) is 0 Å². The van der Waals surface area contributed by atoms with Gasteiger partial charge in [0.15, 0.2) is 0 Å². The van der Waals surface area contributed by atoms with Crippen LogP contribution in [0.1, 0.15) is 12.8 Å². The summed E-state index contributed by atoms with van der Waals surface area (Å²) < 4.78 is 5.38. The average molecular weight is 220 g/mol. The Hall–Kier alpha value is -0.430. The van der Waals surface area contributed by atoms with Gasteiger partial charge < -0.3 is 0 Å². The van der Waals surface area contributed by atoms with E-state index in [1.165, 1.54) is 44.3 Å². The van der Waals surface area contributed by atoms with Crippen LogP contribution >= 0.6 is 8.22 Å². The normalized spacial score (nSPS) is 35.1. The molecule has 2 aliphatic rings. The SMILES string of the molecule is c1ccc(P2N3CCCN2CCC3)cc1. The molecule has 80 valence electrons. The summed E-state index contributed by atoms with van der Waals surface area (Å²) in [5.74, 6) is 0. The fourth-order valence-electron chi connectivity index (χ4n) is 2.54. The molecule has 0 amide bonds. The van der Waals surface area contributed by atoms with Crippen molar-refractivity contribution in [1.82, 2.24) is 9.34 Å². The van der Waals surface area contributed by atoms with Gasteiger partial charge in [0.05, 0.1) is 8.22 Å². The lowest BCUT2D eigenvalue weighted by Gasteiger charge is -2.47. The van der Waals surface area contributed by atoms with Crippen molar-refractivity contribution in [2.75, 3.05) is 26.2 Å². The third-order valence-corrected chi connectivity index (χ3v) is 5.82. The van der Waals surface area contributed by atoms with E-state index in [0.717, 1.165) is 0 Å². The molecule has 15 heavy (non-hydrogen) atoms. The van der Waals surface area contributed by atoms with Crippen molar-refractivity contribution in [2.24, 2.45) is 0 Å². The van der Waals surface area contributed by atoms with E-state index in [1.54, 1.807) is 0 Å². The first-order valence-corrected chi connectivity index (χ1v) is 7.05. The van der Waals surface area contributed by atoms with Crippen LogP contribution in [0, 0.1) is 0 Å². The van der Waals surface area contributed by atoms with Crippen LogP contribution in [0.2, 0.25) is 0 Å². The molecule has 0 unspecified atom stereocenters. The van der Waals surface area contributed by atoms with Crippen LogP contribution in [-0.2, 0) is 0 Å². The van der Waals surface area contributed by atoms with Gasteiger partial charge in [-0.3, -0.25) is 9.34 Å². The van der Waals surface area contributed by atoms with Gasteiger partial charge in [-0.25, -0.2) is 0 Å². The molecule has 2 nitrogen and oxygen atoms in total. The van der Waals surface area contributed by atoms with E-state index in [0.29, 0.717) is 0 Å².